The first-order valence-electron chi connectivity index (χ1n) is 20.9. The largest absolute Gasteiger partial charge is 0.461 e. The Hall–Kier alpha value is -3.23. The molecule has 1 saturated heterocycles. The fourth-order valence-corrected chi connectivity index (χ4v) is 10.5. The van der Waals surface area contributed by atoms with Gasteiger partial charge in [0.05, 0.1) is 18.2 Å². The van der Waals surface area contributed by atoms with Crippen molar-refractivity contribution in [3.05, 3.63) is 11.6 Å². The third-order valence-electron chi connectivity index (χ3n) is 13.8. The van der Waals surface area contributed by atoms with Crippen LogP contribution in [0.2, 0.25) is 5.28 Å². The van der Waals surface area contributed by atoms with E-state index in [1.807, 2.05) is 0 Å². The Morgan fingerprint density at radius 1 is 0.907 bits per heavy atom. The topological polar surface area (TPSA) is 135 Å². The van der Waals surface area contributed by atoms with Crippen LogP contribution in [0.1, 0.15) is 161 Å². The van der Waals surface area contributed by atoms with Crippen molar-refractivity contribution < 1.29 is 28.6 Å². The molecule has 294 valence electrons. The first-order valence-corrected chi connectivity index (χ1v) is 21.3. The van der Waals surface area contributed by atoms with Crippen molar-refractivity contribution in [3.63, 3.8) is 0 Å². The number of nitrogens with zero attached hydrogens (tertiary/aromatic N) is 4. The Kier molecular flexibility index (Phi) is 12.2. The Morgan fingerprint density at radius 3 is 2.13 bits per heavy atom. The SMILES string of the molecule is C#C[C@]1(COC(=O)C2CCC3(CCCC3)CC2)O[C@@H](n2cnc3c(NC(=O)CCCCCCC)nc(Cl)nc32)C[C@@H]1OC(=O)C1CCC2(CCCC2)CC1. The van der Waals surface area contributed by atoms with E-state index in [2.05, 4.69) is 33.1 Å². The zero-order valence-electron chi connectivity index (χ0n) is 32.1. The second-order valence-corrected chi connectivity index (χ2v) is 17.6. The van der Waals surface area contributed by atoms with Gasteiger partial charge in [0.15, 0.2) is 17.0 Å². The average molecular weight is 764 g/mol. The van der Waals surface area contributed by atoms with Gasteiger partial charge in [-0.3, -0.25) is 19.0 Å². The van der Waals surface area contributed by atoms with Gasteiger partial charge in [0.25, 0.3) is 0 Å². The Balaban J connectivity index is 1.07. The molecule has 1 amide bonds. The van der Waals surface area contributed by atoms with Crippen molar-refractivity contribution in [1.82, 2.24) is 19.5 Å². The first kappa shape index (κ1) is 39.0. The van der Waals surface area contributed by atoms with E-state index in [1.165, 1.54) is 51.4 Å². The summed E-state index contributed by atoms with van der Waals surface area (Å²) in [5.74, 6) is 1.86. The Bertz CT molecular complexity index is 1690. The number of anilines is 1. The van der Waals surface area contributed by atoms with Crippen molar-refractivity contribution in [2.24, 2.45) is 22.7 Å². The minimum Gasteiger partial charge on any atom is -0.461 e. The number of hydrogen-bond donors (Lipinski definition) is 1. The van der Waals surface area contributed by atoms with Crippen molar-refractivity contribution in [3.8, 4) is 12.3 Å². The van der Waals surface area contributed by atoms with Crippen molar-refractivity contribution in [2.75, 3.05) is 11.9 Å². The number of rotatable bonds is 13. The van der Waals surface area contributed by atoms with Gasteiger partial charge in [-0.1, -0.05) is 64.2 Å². The maximum atomic E-state index is 13.8. The molecule has 3 heterocycles. The second kappa shape index (κ2) is 16.9. The third-order valence-corrected chi connectivity index (χ3v) is 13.9. The zero-order chi connectivity index (χ0) is 37.8. The molecule has 0 bridgehead atoms. The lowest BCUT2D eigenvalue weighted by atomic mass is 9.69. The monoisotopic (exact) mass is 763 g/mol. The van der Waals surface area contributed by atoms with Gasteiger partial charge in [0.1, 0.15) is 18.9 Å². The molecule has 1 N–H and O–H groups in total. The molecule has 4 aliphatic carbocycles. The van der Waals surface area contributed by atoms with Crippen LogP contribution >= 0.6 is 11.6 Å². The number of imidazole rings is 1. The normalized spacial score (nSPS) is 27.7. The lowest BCUT2D eigenvalue weighted by molar-refractivity contribution is -0.173. The fourth-order valence-electron chi connectivity index (χ4n) is 10.3. The van der Waals surface area contributed by atoms with E-state index in [0.29, 0.717) is 28.4 Å². The number of unbranched alkanes of at least 4 members (excludes halogenated alkanes) is 4. The molecule has 3 atom stereocenters. The second-order valence-electron chi connectivity index (χ2n) is 17.2. The number of aromatic nitrogens is 4. The summed E-state index contributed by atoms with van der Waals surface area (Å²) in [7, 11) is 0. The molecule has 2 spiro atoms. The average Bonchev–Trinajstić information content (AvgIpc) is 3.99. The summed E-state index contributed by atoms with van der Waals surface area (Å²) < 4.78 is 20.6. The zero-order valence-corrected chi connectivity index (χ0v) is 32.8. The van der Waals surface area contributed by atoms with Gasteiger partial charge >= 0.3 is 11.9 Å². The van der Waals surface area contributed by atoms with Crippen LogP contribution in [0.15, 0.2) is 6.33 Å². The summed E-state index contributed by atoms with van der Waals surface area (Å²) in [6, 6.07) is 0. The van der Waals surface area contributed by atoms with E-state index < -0.39 is 17.9 Å². The summed E-state index contributed by atoms with van der Waals surface area (Å²) in [4.78, 5) is 53.5. The highest BCUT2D eigenvalue weighted by Crippen LogP contribution is 2.52. The van der Waals surface area contributed by atoms with Gasteiger partial charge in [-0.05, 0) is 106 Å². The van der Waals surface area contributed by atoms with E-state index in [-0.39, 0.29) is 53.8 Å². The molecule has 5 aliphatic rings. The van der Waals surface area contributed by atoms with Crippen LogP contribution in [0, 0.1) is 35.0 Å². The quantitative estimate of drug-likeness (QED) is 0.0918. The standard InChI is InChI=1S/C42H58ClN5O6/c1-3-5-6-7-8-13-32(49)45-35-34-36(47-39(43)46-35)48(28-44-34)33-26-31(53-38(51)30-16-24-41(25-17-30)20-11-12-21-41)42(4-2,54-33)27-52-37(50)29-14-22-40(23-15-29)18-9-10-19-40/h2,28-31,33H,3,5-27H2,1H3,(H,45,46,47,49)/t31-,33+,42+/m0/s1. The van der Waals surface area contributed by atoms with Crippen LogP contribution < -0.4 is 5.32 Å². The number of ether oxygens (including phenoxy) is 3. The van der Waals surface area contributed by atoms with E-state index in [4.69, 9.17) is 32.2 Å². The summed E-state index contributed by atoms with van der Waals surface area (Å²) in [5.41, 5.74) is -0.0672. The molecule has 4 saturated carbocycles. The molecule has 11 nitrogen and oxygen atoms in total. The molecule has 0 radical (unpaired) electrons. The smallest absolute Gasteiger partial charge is 0.309 e. The number of fused-ring (bicyclic) bond motifs is 1. The molecule has 2 aromatic rings. The van der Waals surface area contributed by atoms with Crippen LogP contribution in [0.3, 0.4) is 0 Å². The molecule has 54 heavy (non-hydrogen) atoms. The molecule has 0 unspecified atom stereocenters. The maximum absolute atomic E-state index is 13.8. The van der Waals surface area contributed by atoms with Gasteiger partial charge in [-0.2, -0.15) is 9.97 Å². The van der Waals surface area contributed by atoms with Crippen LogP contribution in [0.25, 0.3) is 11.2 Å². The fraction of sp³-hybridized carbons (Fsp3) is 0.762. The summed E-state index contributed by atoms with van der Waals surface area (Å²) in [5, 5.41) is 2.80. The van der Waals surface area contributed by atoms with Crippen molar-refractivity contribution in [1.29, 1.82) is 0 Å². The lowest BCUT2D eigenvalue weighted by Crippen LogP contribution is -2.47. The van der Waals surface area contributed by atoms with Crippen LogP contribution in [0.4, 0.5) is 5.82 Å². The summed E-state index contributed by atoms with van der Waals surface area (Å²) in [6.45, 7) is 1.92. The van der Waals surface area contributed by atoms with Crippen LogP contribution in [0.5, 0.6) is 0 Å². The highest BCUT2D eigenvalue weighted by molar-refractivity contribution is 6.28. The molecule has 2 aromatic heterocycles. The number of terminal acetylenes is 1. The molecular weight excluding hydrogens is 706 g/mol. The van der Waals surface area contributed by atoms with Gasteiger partial charge in [0, 0.05) is 12.8 Å². The lowest BCUT2D eigenvalue weighted by Gasteiger charge is -2.37. The molecule has 12 heteroatoms. The molecule has 0 aromatic carbocycles. The Morgan fingerprint density at radius 2 is 1.52 bits per heavy atom. The van der Waals surface area contributed by atoms with Crippen molar-refractivity contribution >= 4 is 46.4 Å². The van der Waals surface area contributed by atoms with Crippen LogP contribution in [-0.4, -0.2) is 55.7 Å². The van der Waals surface area contributed by atoms with Gasteiger partial charge in [-0.15, -0.1) is 6.42 Å². The summed E-state index contributed by atoms with van der Waals surface area (Å²) >= 11 is 6.40. The minimum absolute atomic E-state index is 0.0650. The minimum atomic E-state index is -1.53. The van der Waals surface area contributed by atoms with E-state index >= 15 is 0 Å². The van der Waals surface area contributed by atoms with Crippen LogP contribution in [-0.2, 0) is 28.6 Å². The molecule has 7 rings (SSSR count). The summed E-state index contributed by atoms with van der Waals surface area (Å²) in [6.07, 6.45) is 29.3. The maximum Gasteiger partial charge on any atom is 0.309 e. The predicted octanol–water partition coefficient (Wildman–Crippen LogP) is 9.03. The number of hydrogen-bond acceptors (Lipinski definition) is 9. The highest BCUT2D eigenvalue weighted by Gasteiger charge is 2.53. The highest BCUT2D eigenvalue weighted by atomic mass is 35.5. The van der Waals surface area contributed by atoms with Crippen molar-refractivity contribution in [2.45, 2.75) is 173 Å². The number of carbonyl (C=O) groups excluding carboxylic acids is 3. The number of carbonyl (C=O) groups is 3. The van der Waals surface area contributed by atoms with Gasteiger partial charge in [0.2, 0.25) is 16.8 Å². The number of halogens is 1. The Labute approximate surface area is 324 Å². The number of amides is 1. The van der Waals surface area contributed by atoms with E-state index in [1.54, 1.807) is 10.9 Å². The molecule has 1 aliphatic heterocycles. The molecule has 5 fully saturated rings. The number of nitrogens with one attached hydrogen (secondary N) is 1. The number of esters is 2. The van der Waals surface area contributed by atoms with Gasteiger partial charge < -0.3 is 19.5 Å². The van der Waals surface area contributed by atoms with E-state index in [9.17, 15) is 14.4 Å². The first-order chi connectivity index (χ1) is 26.2. The third kappa shape index (κ3) is 8.45. The predicted molar refractivity (Wildman–Crippen MR) is 205 cm³/mol. The van der Waals surface area contributed by atoms with E-state index in [0.717, 1.165) is 83.5 Å². The van der Waals surface area contributed by atoms with Gasteiger partial charge in [-0.25, -0.2) is 4.98 Å². The molecular formula is C42H58ClN5O6.